The van der Waals surface area contributed by atoms with Gasteiger partial charge < -0.3 is 10.6 Å². The molecule has 0 saturated heterocycles. The van der Waals surface area contributed by atoms with Crippen molar-refractivity contribution in [2.24, 2.45) is 0 Å². The Hall–Kier alpha value is -1.39. The van der Waals surface area contributed by atoms with Crippen LogP contribution in [-0.2, 0) is 5.41 Å². The summed E-state index contributed by atoms with van der Waals surface area (Å²) in [6.45, 7) is 8.73. The number of rotatable bonds is 3. The summed E-state index contributed by atoms with van der Waals surface area (Å²) < 4.78 is 1.08. The molecule has 0 radical (unpaired) electrons. The lowest BCUT2D eigenvalue weighted by Gasteiger charge is -2.20. The molecule has 0 spiro atoms. The first-order valence-electron chi connectivity index (χ1n) is 7.69. The standard InChI is InChI=1S/C19H23BrN2S/c1-13(14-5-9-16(20)10-6-14)21-18(23)22-17-11-7-15(8-12-17)19(2,3)4/h5-13H,1-4H3,(H2,21,22,23). The third-order valence-electron chi connectivity index (χ3n) is 3.73. The molecule has 1 unspecified atom stereocenters. The Morgan fingerprint density at radius 3 is 2.09 bits per heavy atom. The van der Waals surface area contributed by atoms with E-state index in [0.29, 0.717) is 5.11 Å². The fourth-order valence-corrected chi connectivity index (χ4v) is 2.81. The summed E-state index contributed by atoms with van der Waals surface area (Å²) in [5, 5.41) is 7.19. The Balaban J connectivity index is 1.95. The van der Waals surface area contributed by atoms with E-state index in [9.17, 15) is 0 Å². The smallest absolute Gasteiger partial charge is 0.171 e. The number of hydrogen-bond acceptors (Lipinski definition) is 1. The van der Waals surface area contributed by atoms with Gasteiger partial charge in [-0.1, -0.05) is 61.0 Å². The molecular formula is C19H23BrN2S. The van der Waals surface area contributed by atoms with Crippen molar-refractivity contribution >= 4 is 38.9 Å². The van der Waals surface area contributed by atoms with Crippen LogP contribution in [0.4, 0.5) is 5.69 Å². The van der Waals surface area contributed by atoms with Gasteiger partial charge in [-0.2, -0.15) is 0 Å². The van der Waals surface area contributed by atoms with Crippen molar-refractivity contribution in [2.45, 2.75) is 39.2 Å². The molecule has 2 N–H and O–H groups in total. The Kier molecular flexibility index (Phi) is 5.82. The van der Waals surface area contributed by atoms with Crippen LogP contribution in [0.1, 0.15) is 44.9 Å². The summed E-state index contributed by atoms with van der Waals surface area (Å²) in [5.41, 5.74) is 3.66. The molecule has 2 rings (SSSR count). The molecule has 2 aromatic rings. The van der Waals surface area contributed by atoms with Crippen LogP contribution in [0.25, 0.3) is 0 Å². The van der Waals surface area contributed by atoms with Crippen LogP contribution < -0.4 is 10.6 Å². The van der Waals surface area contributed by atoms with Crippen LogP contribution >= 0.6 is 28.1 Å². The highest BCUT2D eigenvalue weighted by atomic mass is 79.9. The third-order valence-corrected chi connectivity index (χ3v) is 4.47. The van der Waals surface area contributed by atoms with Gasteiger partial charge in [0, 0.05) is 10.2 Å². The average Bonchev–Trinajstić information content (AvgIpc) is 2.47. The largest absolute Gasteiger partial charge is 0.356 e. The van der Waals surface area contributed by atoms with Crippen molar-refractivity contribution in [3.63, 3.8) is 0 Å². The van der Waals surface area contributed by atoms with E-state index in [4.69, 9.17) is 12.2 Å². The second-order valence-corrected chi connectivity index (χ2v) is 8.02. The Labute approximate surface area is 152 Å². The molecule has 122 valence electrons. The Morgan fingerprint density at radius 1 is 1.00 bits per heavy atom. The normalized spacial score (nSPS) is 12.6. The van der Waals surface area contributed by atoms with Gasteiger partial charge in [0.1, 0.15) is 0 Å². The first-order chi connectivity index (χ1) is 10.8. The van der Waals surface area contributed by atoms with Gasteiger partial charge in [0.2, 0.25) is 0 Å². The zero-order valence-electron chi connectivity index (χ0n) is 14.0. The van der Waals surface area contributed by atoms with Gasteiger partial charge in [-0.15, -0.1) is 0 Å². The molecular weight excluding hydrogens is 368 g/mol. The van der Waals surface area contributed by atoms with Gasteiger partial charge in [0.25, 0.3) is 0 Å². The van der Waals surface area contributed by atoms with Crippen LogP contribution in [-0.4, -0.2) is 5.11 Å². The molecule has 0 heterocycles. The number of nitrogens with one attached hydrogen (secondary N) is 2. The van der Waals surface area contributed by atoms with E-state index in [1.807, 2.05) is 12.1 Å². The van der Waals surface area contributed by atoms with Crippen molar-refractivity contribution in [3.8, 4) is 0 Å². The molecule has 0 aliphatic rings. The fourth-order valence-electron chi connectivity index (χ4n) is 2.25. The Morgan fingerprint density at radius 2 is 1.57 bits per heavy atom. The topological polar surface area (TPSA) is 24.1 Å². The SMILES string of the molecule is CC(NC(=S)Nc1ccc(C(C)(C)C)cc1)c1ccc(Br)cc1. The highest BCUT2D eigenvalue weighted by Gasteiger charge is 2.13. The third kappa shape index (κ3) is 5.33. The summed E-state index contributed by atoms with van der Waals surface area (Å²) in [6.07, 6.45) is 0. The first-order valence-corrected chi connectivity index (χ1v) is 8.89. The van der Waals surface area contributed by atoms with Crippen LogP contribution in [0.15, 0.2) is 53.0 Å². The predicted molar refractivity (Wildman–Crippen MR) is 107 cm³/mol. The lowest BCUT2D eigenvalue weighted by Crippen LogP contribution is -2.30. The summed E-state index contributed by atoms with van der Waals surface area (Å²) in [4.78, 5) is 0. The molecule has 0 fully saturated rings. The minimum Gasteiger partial charge on any atom is -0.356 e. The monoisotopic (exact) mass is 390 g/mol. The number of halogens is 1. The summed E-state index contributed by atoms with van der Waals surface area (Å²) >= 11 is 8.86. The van der Waals surface area contributed by atoms with Gasteiger partial charge in [-0.3, -0.25) is 0 Å². The maximum Gasteiger partial charge on any atom is 0.171 e. The van der Waals surface area contributed by atoms with E-state index in [0.717, 1.165) is 10.2 Å². The molecule has 0 saturated carbocycles. The van der Waals surface area contributed by atoms with E-state index >= 15 is 0 Å². The van der Waals surface area contributed by atoms with Gasteiger partial charge in [-0.25, -0.2) is 0 Å². The number of hydrogen-bond donors (Lipinski definition) is 2. The van der Waals surface area contributed by atoms with Gasteiger partial charge in [-0.05, 0) is 59.9 Å². The molecule has 0 aliphatic heterocycles. The van der Waals surface area contributed by atoms with E-state index in [1.54, 1.807) is 0 Å². The quantitative estimate of drug-likeness (QED) is 0.647. The van der Waals surface area contributed by atoms with Crippen LogP contribution in [0, 0.1) is 0 Å². The molecule has 0 amide bonds. The van der Waals surface area contributed by atoms with E-state index < -0.39 is 0 Å². The molecule has 23 heavy (non-hydrogen) atoms. The minimum absolute atomic E-state index is 0.150. The molecule has 1 atom stereocenters. The van der Waals surface area contributed by atoms with Crippen molar-refractivity contribution in [1.82, 2.24) is 5.32 Å². The zero-order valence-corrected chi connectivity index (χ0v) is 16.4. The van der Waals surface area contributed by atoms with Crippen LogP contribution in [0.5, 0.6) is 0 Å². The lowest BCUT2D eigenvalue weighted by molar-refractivity contribution is 0.590. The van der Waals surface area contributed by atoms with E-state index in [2.05, 4.69) is 90.7 Å². The molecule has 4 heteroatoms. The number of thiocarbonyl (C=S) groups is 1. The van der Waals surface area contributed by atoms with Gasteiger partial charge in [0.15, 0.2) is 5.11 Å². The van der Waals surface area contributed by atoms with Crippen molar-refractivity contribution in [1.29, 1.82) is 0 Å². The van der Waals surface area contributed by atoms with Crippen LogP contribution in [0.2, 0.25) is 0 Å². The summed E-state index contributed by atoms with van der Waals surface area (Å²) in [7, 11) is 0. The van der Waals surface area contributed by atoms with Crippen LogP contribution in [0.3, 0.4) is 0 Å². The molecule has 0 bridgehead atoms. The van der Waals surface area contributed by atoms with Gasteiger partial charge in [0.05, 0.1) is 6.04 Å². The fraction of sp³-hybridized carbons (Fsp3) is 0.316. The van der Waals surface area contributed by atoms with E-state index in [1.165, 1.54) is 11.1 Å². The first kappa shape index (κ1) is 18.0. The molecule has 0 aromatic heterocycles. The van der Waals surface area contributed by atoms with Crippen molar-refractivity contribution in [3.05, 3.63) is 64.1 Å². The molecule has 2 nitrogen and oxygen atoms in total. The maximum absolute atomic E-state index is 5.41. The van der Waals surface area contributed by atoms with Gasteiger partial charge >= 0.3 is 0 Å². The predicted octanol–water partition coefficient (Wildman–Crippen LogP) is 5.79. The number of anilines is 1. The zero-order chi connectivity index (χ0) is 17.0. The average molecular weight is 391 g/mol. The lowest BCUT2D eigenvalue weighted by atomic mass is 9.87. The summed E-state index contributed by atoms with van der Waals surface area (Å²) in [6, 6.07) is 16.8. The maximum atomic E-state index is 5.41. The van der Waals surface area contributed by atoms with E-state index in [-0.39, 0.29) is 11.5 Å². The second kappa shape index (κ2) is 7.45. The molecule has 0 aliphatic carbocycles. The second-order valence-electron chi connectivity index (χ2n) is 6.70. The van der Waals surface area contributed by atoms with Crippen molar-refractivity contribution < 1.29 is 0 Å². The highest BCUT2D eigenvalue weighted by molar-refractivity contribution is 9.10. The molecule has 2 aromatic carbocycles. The Bertz CT molecular complexity index is 657. The van der Waals surface area contributed by atoms with Crippen molar-refractivity contribution in [2.75, 3.05) is 5.32 Å². The summed E-state index contributed by atoms with van der Waals surface area (Å²) in [5.74, 6) is 0. The highest BCUT2D eigenvalue weighted by Crippen LogP contribution is 2.23. The minimum atomic E-state index is 0.150. The number of benzene rings is 2.